The molecule has 2 heterocycles. The second-order valence-corrected chi connectivity index (χ2v) is 6.36. The van der Waals surface area contributed by atoms with Crippen LogP contribution in [0.3, 0.4) is 0 Å². The number of aryl methyl sites for hydroxylation is 1. The van der Waals surface area contributed by atoms with Gasteiger partial charge in [-0.25, -0.2) is 0 Å². The van der Waals surface area contributed by atoms with Crippen molar-refractivity contribution in [3.05, 3.63) is 34.3 Å². The van der Waals surface area contributed by atoms with E-state index < -0.39 is 0 Å². The average molecular weight is 315 g/mol. The van der Waals surface area contributed by atoms with Crippen LogP contribution in [0.4, 0.5) is 0 Å². The predicted octanol–water partition coefficient (Wildman–Crippen LogP) is 2.90. The maximum atomic E-state index is 12.5. The summed E-state index contributed by atoms with van der Waals surface area (Å²) in [4.78, 5) is 14.5. The minimum absolute atomic E-state index is 0. The van der Waals surface area contributed by atoms with Gasteiger partial charge >= 0.3 is 0 Å². The Labute approximate surface area is 131 Å². The van der Waals surface area contributed by atoms with Gasteiger partial charge in [0.15, 0.2) is 0 Å². The van der Waals surface area contributed by atoms with E-state index in [1.807, 2.05) is 24.0 Å². The van der Waals surface area contributed by atoms with Crippen molar-refractivity contribution in [1.82, 2.24) is 10.2 Å². The third-order valence-corrected chi connectivity index (χ3v) is 4.56. The van der Waals surface area contributed by atoms with Gasteiger partial charge in [0.2, 0.25) is 0 Å². The SMILES string of the molecule is Cc1cc(Cl)cc(C(=O)N2CCC3(CCNC3)C2)c1.Cl. The molecule has 3 rings (SSSR count). The number of carbonyl (C=O) groups is 1. The van der Waals surface area contributed by atoms with Gasteiger partial charge in [0.05, 0.1) is 0 Å². The Bertz CT molecular complexity index is 492. The number of amides is 1. The maximum Gasteiger partial charge on any atom is 0.253 e. The highest BCUT2D eigenvalue weighted by molar-refractivity contribution is 6.31. The molecule has 0 saturated carbocycles. The second-order valence-electron chi connectivity index (χ2n) is 5.92. The van der Waals surface area contributed by atoms with Crippen molar-refractivity contribution in [3.8, 4) is 0 Å². The fourth-order valence-corrected chi connectivity index (χ4v) is 3.58. The monoisotopic (exact) mass is 314 g/mol. The number of nitrogens with one attached hydrogen (secondary N) is 1. The minimum Gasteiger partial charge on any atom is -0.338 e. The minimum atomic E-state index is 0. The Morgan fingerprint density at radius 2 is 2.15 bits per heavy atom. The molecule has 1 atom stereocenters. The summed E-state index contributed by atoms with van der Waals surface area (Å²) in [5.41, 5.74) is 2.07. The molecule has 110 valence electrons. The van der Waals surface area contributed by atoms with Crippen molar-refractivity contribution in [2.75, 3.05) is 26.2 Å². The van der Waals surface area contributed by atoms with Crippen LogP contribution in [0.1, 0.15) is 28.8 Å². The van der Waals surface area contributed by atoms with Gasteiger partial charge in [-0.15, -0.1) is 12.4 Å². The molecule has 20 heavy (non-hydrogen) atoms. The van der Waals surface area contributed by atoms with E-state index in [0.717, 1.165) is 38.2 Å². The summed E-state index contributed by atoms with van der Waals surface area (Å²) in [6.07, 6.45) is 2.30. The highest BCUT2D eigenvalue weighted by atomic mass is 35.5. The molecule has 5 heteroatoms. The van der Waals surface area contributed by atoms with Crippen molar-refractivity contribution in [2.24, 2.45) is 5.41 Å². The van der Waals surface area contributed by atoms with E-state index >= 15 is 0 Å². The van der Waals surface area contributed by atoms with Gasteiger partial charge in [-0.2, -0.15) is 0 Å². The molecule has 3 nitrogen and oxygen atoms in total. The van der Waals surface area contributed by atoms with Crippen molar-refractivity contribution in [1.29, 1.82) is 0 Å². The van der Waals surface area contributed by atoms with Crippen LogP contribution in [0, 0.1) is 12.3 Å². The van der Waals surface area contributed by atoms with Gasteiger partial charge in [-0.3, -0.25) is 4.79 Å². The lowest BCUT2D eigenvalue weighted by Crippen LogP contribution is -2.33. The number of likely N-dealkylation sites (tertiary alicyclic amines) is 1. The molecule has 1 aromatic carbocycles. The summed E-state index contributed by atoms with van der Waals surface area (Å²) in [6.45, 7) is 5.84. The molecule has 1 N–H and O–H groups in total. The van der Waals surface area contributed by atoms with Crippen molar-refractivity contribution < 1.29 is 4.79 Å². The lowest BCUT2D eigenvalue weighted by Gasteiger charge is -2.23. The summed E-state index contributed by atoms with van der Waals surface area (Å²) >= 11 is 6.04. The van der Waals surface area contributed by atoms with Crippen LogP contribution in [0.25, 0.3) is 0 Å². The van der Waals surface area contributed by atoms with E-state index in [0.29, 0.717) is 16.0 Å². The van der Waals surface area contributed by atoms with Gasteiger partial charge in [-0.1, -0.05) is 11.6 Å². The topological polar surface area (TPSA) is 32.3 Å². The normalized spacial score (nSPS) is 25.0. The van der Waals surface area contributed by atoms with E-state index in [1.165, 1.54) is 6.42 Å². The van der Waals surface area contributed by atoms with E-state index in [-0.39, 0.29) is 18.3 Å². The average Bonchev–Trinajstić information content (AvgIpc) is 2.98. The first-order chi connectivity index (χ1) is 9.08. The summed E-state index contributed by atoms with van der Waals surface area (Å²) in [7, 11) is 0. The summed E-state index contributed by atoms with van der Waals surface area (Å²) in [6, 6.07) is 5.57. The van der Waals surface area contributed by atoms with E-state index in [1.54, 1.807) is 6.07 Å². The lowest BCUT2D eigenvalue weighted by molar-refractivity contribution is 0.0775. The van der Waals surface area contributed by atoms with Gasteiger partial charge < -0.3 is 10.2 Å². The zero-order chi connectivity index (χ0) is 13.5. The third-order valence-electron chi connectivity index (χ3n) is 4.35. The highest BCUT2D eigenvalue weighted by Gasteiger charge is 2.41. The highest BCUT2D eigenvalue weighted by Crippen LogP contribution is 2.36. The number of halogens is 2. The Kier molecular flexibility index (Phi) is 4.62. The molecular formula is C15H20Cl2N2O. The summed E-state index contributed by atoms with van der Waals surface area (Å²) in [5, 5.41) is 4.05. The number of rotatable bonds is 1. The smallest absolute Gasteiger partial charge is 0.253 e. The predicted molar refractivity (Wildman–Crippen MR) is 83.9 cm³/mol. The largest absolute Gasteiger partial charge is 0.338 e. The maximum absolute atomic E-state index is 12.5. The Hall–Kier alpha value is -0.770. The fourth-order valence-electron chi connectivity index (χ4n) is 3.29. The molecule has 0 aliphatic carbocycles. The number of benzene rings is 1. The molecule has 0 bridgehead atoms. The molecule has 1 spiro atoms. The number of nitrogens with zero attached hydrogens (tertiary/aromatic N) is 1. The van der Waals surface area contributed by atoms with Crippen molar-refractivity contribution >= 4 is 29.9 Å². The van der Waals surface area contributed by atoms with Crippen LogP contribution < -0.4 is 5.32 Å². The third kappa shape index (κ3) is 2.95. The summed E-state index contributed by atoms with van der Waals surface area (Å²) < 4.78 is 0. The first-order valence-corrected chi connectivity index (χ1v) is 7.23. The zero-order valence-corrected chi connectivity index (χ0v) is 13.2. The molecular weight excluding hydrogens is 295 g/mol. The van der Waals surface area contributed by atoms with Gasteiger partial charge in [-0.05, 0) is 50.1 Å². The quantitative estimate of drug-likeness (QED) is 0.864. The van der Waals surface area contributed by atoms with Crippen LogP contribution >= 0.6 is 24.0 Å². The first kappa shape index (κ1) is 15.6. The van der Waals surface area contributed by atoms with Crippen LogP contribution in [0.15, 0.2) is 18.2 Å². The van der Waals surface area contributed by atoms with E-state index in [2.05, 4.69) is 5.32 Å². The fraction of sp³-hybridized carbons (Fsp3) is 0.533. The molecule has 1 unspecified atom stereocenters. The first-order valence-electron chi connectivity index (χ1n) is 6.85. The van der Waals surface area contributed by atoms with E-state index in [9.17, 15) is 4.79 Å². The molecule has 2 fully saturated rings. The molecule has 0 aromatic heterocycles. The van der Waals surface area contributed by atoms with Crippen LogP contribution in [0.2, 0.25) is 5.02 Å². The van der Waals surface area contributed by atoms with Crippen LogP contribution in [-0.2, 0) is 0 Å². The molecule has 2 aliphatic rings. The van der Waals surface area contributed by atoms with Crippen LogP contribution in [0.5, 0.6) is 0 Å². The molecule has 2 saturated heterocycles. The van der Waals surface area contributed by atoms with Gasteiger partial charge in [0.1, 0.15) is 0 Å². The molecule has 1 amide bonds. The number of carbonyl (C=O) groups excluding carboxylic acids is 1. The van der Waals surface area contributed by atoms with Crippen LogP contribution in [-0.4, -0.2) is 37.0 Å². The Morgan fingerprint density at radius 1 is 1.35 bits per heavy atom. The standard InChI is InChI=1S/C15H19ClN2O.ClH/c1-11-6-12(8-13(16)7-11)14(19)18-5-3-15(10-18)2-4-17-9-15;/h6-8,17H,2-5,9-10H2,1H3;1H. The molecule has 0 radical (unpaired) electrons. The molecule has 1 aromatic rings. The summed E-state index contributed by atoms with van der Waals surface area (Å²) in [5.74, 6) is 0.120. The lowest BCUT2D eigenvalue weighted by atomic mass is 9.86. The Balaban J connectivity index is 0.00000147. The van der Waals surface area contributed by atoms with Gasteiger partial charge in [0.25, 0.3) is 5.91 Å². The zero-order valence-electron chi connectivity index (χ0n) is 11.6. The van der Waals surface area contributed by atoms with Crippen molar-refractivity contribution in [2.45, 2.75) is 19.8 Å². The van der Waals surface area contributed by atoms with Gasteiger partial charge in [0, 0.05) is 35.6 Å². The molecule has 2 aliphatic heterocycles. The second kappa shape index (κ2) is 5.92. The van der Waals surface area contributed by atoms with E-state index in [4.69, 9.17) is 11.6 Å². The van der Waals surface area contributed by atoms with Crippen molar-refractivity contribution in [3.63, 3.8) is 0 Å². The Morgan fingerprint density at radius 3 is 2.80 bits per heavy atom. The number of hydrogen-bond acceptors (Lipinski definition) is 2. The number of hydrogen-bond donors (Lipinski definition) is 1.